The smallest absolute Gasteiger partial charge is 0.262 e. The molecule has 0 aliphatic rings. The van der Waals surface area contributed by atoms with E-state index in [-0.39, 0.29) is 18.4 Å². The molecule has 0 atom stereocenters. The van der Waals surface area contributed by atoms with E-state index in [4.69, 9.17) is 4.74 Å². The highest BCUT2D eigenvalue weighted by molar-refractivity contribution is 6.04. The molecule has 0 spiro atoms. The molecule has 5 heteroatoms. The number of carbonyl (C=O) groups is 2. The third-order valence-corrected chi connectivity index (χ3v) is 3.75. The van der Waals surface area contributed by atoms with E-state index in [9.17, 15) is 9.59 Å². The third-order valence-electron chi connectivity index (χ3n) is 3.75. The normalized spacial score (nSPS) is 10.3. The third kappa shape index (κ3) is 5.21. The van der Waals surface area contributed by atoms with Gasteiger partial charge in [-0.15, -0.1) is 6.58 Å². The zero-order valence-corrected chi connectivity index (χ0v) is 15.1. The van der Waals surface area contributed by atoms with Crippen LogP contribution in [0.4, 0.5) is 5.69 Å². The number of amides is 2. The number of hydrogen-bond acceptors (Lipinski definition) is 3. The summed E-state index contributed by atoms with van der Waals surface area (Å²) in [5, 5.41) is 5.44. The monoisotopic (exact) mass is 352 g/mol. The maximum Gasteiger partial charge on any atom is 0.262 e. The zero-order chi connectivity index (χ0) is 18.9. The zero-order valence-electron chi connectivity index (χ0n) is 15.1. The molecule has 0 heterocycles. The fourth-order valence-electron chi connectivity index (χ4n) is 2.47. The Kier molecular flexibility index (Phi) is 6.97. The number of para-hydroxylation sites is 2. The summed E-state index contributed by atoms with van der Waals surface area (Å²) in [6.07, 6.45) is 1.60. The molecular weight excluding hydrogens is 328 g/mol. The highest BCUT2D eigenvalue weighted by Gasteiger charge is 2.14. The van der Waals surface area contributed by atoms with Gasteiger partial charge in [0, 0.05) is 6.54 Å². The van der Waals surface area contributed by atoms with Crippen LogP contribution in [-0.4, -0.2) is 25.0 Å². The molecule has 0 unspecified atom stereocenters. The van der Waals surface area contributed by atoms with Gasteiger partial charge < -0.3 is 15.4 Å². The fraction of sp³-hybridized carbons (Fsp3) is 0.238. The van der Waals surface area contributed by atoms with Crippen molar-refractivity contribution < 1.29 is 14.3 Å². The van der Waals surface area contributed by atoms with Gasteiger partial charge >= 0.3 is 0 Å². The summed E-state index contributed by atoms with van der Waals surface area (Å²) in [4.78, 5) is 24.4. The van der Waals surface area contributed by atoms with Gasteiger partial charge in [-0.25, -0.2) is 0 Å². The van der Waals surface area contributed by atoms with Crippen LogP contribution in [0.5, 0.6) is 5.75 Å². The maximum atomic E-state index is 12.3. The van der Waals surface area contributed by atoms with Crippen molar-refractivity contribution in [2.24, 2.45) is 0 Å². The lowest BCUT2D eigenvalue weighted by molar-refractivity contribution is -0.118. The molecule has 0 saturated heterocycles. The largest absolute Gasteiger partial charge is 0.483 e. The van der Waals surface area contributed by atoms with Gasteiger partial charge in [-0.2, -0.15) is 0 Å². The van der Waals surface area contributed by atoms with Crippen molar-refractivity contribution >= 4 is 17.5 Å². The number of hydrogen-bond donors (Lipinski definition) is 2. The van der Waals surface area contributed by atoms with Crippen LogP contribution in [0.15, 0.2) is 61.2 Å². The fourth-order valence-corrected chi connectivity index (χ4v) is 2.47. The summed E-state index contributed by atoms with van der Waals surface area (Å²) >= 11 is 0. The Morgan fingerprint density at radius 3 is 2.54 bits per heavy atom. The number of anilines is 1. The summed E-state index contributed by atoms with van der Waals surface area (Å²) < 4.78 is 5.67. The highest BCUT2D eigenvalue weighted by Crippen LogP contribution is 2.25. The van der Waals surface area contributed by atoms with Crippen molar-refractivity contribution in [3.8, 4) is 5.75 Å². The lowest BCUT2D eigenvalue weighted by Gasteiger charge is -2.14. The van der Waals surface area contributed by atoms with Gasteiger partial charge in [0.25, 0.3) is 11.8 Å². The second-order valence-corrected chi connectivity index (χ2v) is 6.07. The molecule has 5 nitrogen and oxygen atoms in total. The topological polar surface area (TPSA) is 67.4 Å². The first-order valence-electron chi connectivity index (χ1n) is 8.52. The molecule has 136 valence electrons. The van der Waals surface area contributed by atoms with Crippen LogP contribution in [0, 0.1) is 0 Å². The molecule has 0 saturated carbocycles. The van der Waals surface area contributed by atoms with Crippen molar-refractivity contribution in [1.82, 2.24) is 5.32 Å². The number of rotatable bonds is 8. The van der Waals surface area contributed by atoms with Crippen LogP contribution in [0.2, 0.25) is 0 Å². The summed E-state index contributed by atoms with van der Waals surface area (Å²) in [6.45, 7) is 7.93. The first-order chi connectivity index (χ1) is 12.5. The van der Waals surface area contributed by atoms with Gasteiger partial charge in [-0.3, -0.25) is 9.59 Å². The summed E-state index contributed by atoms with van der Waals surface area (Å²) in [6, 6.07) is 14.5. The van der Waals surface area contributed by atoms with E-state index < -0.39 is 0 Å². The van der Waals surface area contributed by atoms with Crippen LogP contribution in [0.1, 0.15) is 35.7 Å². The Hall–Kier alpha value is -3.08. The molecule has 2 amide bonds. The molecule has 0 aliphatic carbocycles. The predicted molar refractivity (Wildman–Crippen MR) is 104 cm³/mol. The lowest BCUT2D eigenvalue weighted by Crippen LogP contribution is -2.26. The van der Waals surface area contributed by atoms with E-state index in [0.717, 1.165) is 5.56 Å². The molecule has 26 heavy (non-hydrogen) atoms. The van der Waals surface area contributed by atoms with Crippen LogP contribution < -0.4 is 15.4 Å². The van der Waals surface area contributed by atoms with Crippen molar-refractivity contribution in [3.63, 3.8) is 0 Å². The van der Waals surface area contributed by atoms with Crippen LogP contribution >= 0.6 is 0 Å². The van der Waals surface area contributed by atoms with Gasteiger partial charge in [0.2, 0.25) is 0 Å². The molecule has 0 aliphatic heterocycles. The summed E-state index contributed by atoms with van der Waals surface area (Å²) in [5.41, 5.74) is 1.88. The molecule has 0 bridgehead atoms. The summed E-state index contributed by atoms with van der Waals surface area (Å²) in [7, 11) is 0. The van der Waals surface area contributed by atoms with Crippen LogP contribution in [0.25, 0.3) is 0 Å². The Morgan fingerprint density at radius 2 is 1.81 bits per heavy atom. The van der Waals surface area contributed by atoms with Gasteiger partial charge in [0.15, 0.2) is 6.61 Å². The standard InChI is InChI=1S/C21H24N2O3/c1-4-13-22-21(25)17-10-5-7-11-18(17)23-20(24)14-26-19-12-8-6-9-16(19)15(2)3/h4-12,15H,1,13-14H2,2-3H3,(H,22,25)(H,23,24). The van der Waals surface area contributed by atoms with Gasteiger partial charge in [-0.05, 0) is 29.7 Å². The number of carbonyl (C=O) groups excluding carboxylic acids is 2. The maximum absolute atomic E-state index is 12.3. The molecule has 0 aromatic heterocycles. The molecule has 2 aromatic rings. The second-order valence-electron chi connectivity index (χ2n) is 6.07. The molecule has 0 radical (unpaired) electrons. The summed E-state index contributed by atoms with van der Waals surface area (Å²) in [5.74, 6) is 0.387. The Labute approximate surface area is 154 Å². The quantitative estimate of drug-likeness (QED) is 0.711. The molecule has 2 N–H and O–H groups in total. The highest BCUT2D eigenvalue weighted by atomic mass is 16.5. The Bertz CT molecular complexity index is 784. The van der Waals surface area contributed by atoms with Crippen LogP contribution in [0.3, 0.4) is 0 Å². The van der Waals surface area contributed by atoms with Crippen molar-refractivity contribution in [2.75, 3.05) is 18.5 Å². The Morgan fingerprint density at radius 1 is 1.12 bits per heavy atom. The van der Waals surface area contributed by atoms with Gasteiger partial charge in [-0.1, -0.05) is 50.3 Å². The van der Waals surface area contributed by atoms with E-state index in [0.29, 0.717) is 29.5 Å². The molecule has 0 fully saturated rings. The average molecular weight is 352 g/mol. The van der Waals surface area contributed by atoms with Crippen molar-refractivity contribution in [1.29, 1.82) is 0 Å². The first-order valence-corrected chi connectivity index (χ1v) is 8.52. The molecular formula is C21H24N2O3. The molecule has 2 rings (SSSR count). The van der Waals surface area contributed by atoms with E-state index in [1.807, 2.05) is 24.3 Å². The molecule has 2 aromatic carbocycles. The lowest BCUT2D eigenvalue weighted by atomic mass is 10.0. The Balaban J connectivity index is 2.03. The van der Waals surface area contributed by atoms with Crippen molar-refractivity contribution in [2.45, 2.75) is 19.8 Å². The minimum atomic E-state index is -0.326. The predicted octanol–water partition coefficient (Wildman–Crippen LogP) is 3.74. The average Bonchev–Trinajstić information content (AvgIpc) is 2.65. The van der Waals surface area contributed by atoms with Crippen LogP contribution in [-0.2, 0) is 4.79 Å². The number of benzene rings is 2. The number of nitrogens with one attached hydrogen (secondary N) is 2. The minimum absolute atomic E-state index is 0.133. The van der Waals surface area contributed by atoms with E-state index in [2.05, 4.69) is 31.1 Å². The van der Waals surface area contributed by atoms with Gasteiger partial charge in [0.1, 0.15) is 5.75 Å². The van der Waals surface area contributed by atoms with Crippen molar-refractivity contribution in [3.05, 3.63) is 72.3 Å². The van der Waals surface area contributed by atoms with Gasteiger partial charge in [0.05, 0.1) is 11.3 Å². The van der Waals surface area contributed by atoms with E-state index in [1.165, 1.54) is 0 Å². The number of ether oxygens (including phenoxy) is 1. The van der Waals surface area contributed by atoms with E-state index >= 15 is 0 Å². The van der Waals surface area contributed by atoms with E-state index in [1.54, 1.807) is 30.3 Å². The first kappa shape index (κ1) is 19.2. The SMILES string of the molecule is C=CCNC(=O)c1ccccc1NC(=O)COc1ccccc1C(C)C. The minimum Gasteiger partial charge on any atom is -0.483 e. The second kappa shape index (κ2) is 9.42.